The lowest BCUT2D eigenvalue weighted by Gasteiger charge is -2.07. The molecule has 0 fully saturated rings. The fourth-order valence-electron chi connectivity index (χ4n) is 2.27. The second-order valence-corrected chi connectivity index (χ2v) is 5.72. The average Bonchev–Trinajstić information content (AvgIpc) is 2.53. The number of rotatable bonds is 5. The second kappa shape index (κ2) is 7.08. The van der Waals surface area contributed by atoms with Crippen molar-refractivity contribution in [3.8, 4) is 5.75 Å². The van der Waals surface area contributed by atoms with Crippen LogP contribution in [-0.4, -0.2) is 12.9 Å². The van der Waals surface area contributed by atoms with Gasteiger partial charge in [-0.3, -0.25) is 4.79 Å². The van der Waals surface area contributed by atoms with Crippen molar-refractivity contribution in [2.75, 3.05) is 7.11 Å². The fraction of sp³-hybridized carbons (Fsp3) is 0.250. The van der Waals surface area contributed by atoms with Crippen LogP contribution in [0.25, 0.3) is 6.08 Å². The smallest absolute Gasteiger partial charge is 0.189 e. The van der Waals surface area contributed by atoms with Crippen molar-refractivity contribution >= 4 is 11.9 Å². The van der Waals surface area contributed by atoms with Gasteiger partial charge in [-0.05, 0) is 42.2 Å². The van der Waals surface area contributed by atoms with E-state index < -0.39 is 0 Å². The number of hydrogen-bond acceptors (Lipinski definition) is 2. The van der Waals surface area contributed by atoms with Gasteiger partial charge >= 0.3 is 0 Å². The summed E-state index contributed by atoms with van der Waals surface area (Å²) in [4.78, 5) is 12.4. The molecular weight excluding hydrogens is 272 g/mol. The molecule has 0 heterocycles. The Morgan fingerprint density at radius 2 is 1.77 bits per heavy atom. The van der Waals surface area contributed by atoms with Crippen molar-refractivity contribution in [3.63, 3.8) is 0 Å². The van der Waals surface area contributed by atoms with E-state index >= 15 is 0 Å². The second-order valence-electron chi connectivity index (χ2n) is 5.72. The molecule has 2 nitrogen and oxygen atoms in total. The molecular formula is C20H22O2. The molecule has 2 aromatic carbocycles. The molecule has 0 spiro atoms. The molecule has 0 aliphatic rings. The van der Waals surface area contributed by atoms with Crippen LogP contribution < -0.4 is 4.74 Å². The van der Waals surface area contributed by atoms with E-state index in [1.807, 2.05) is 43.3 Å². The highest BCUT2D eigenvalue weighted by Crippen LogP contribution is 2.21. The van der Waals surface area contributed by atoms with Gasteiger partial charge in [0.25, 0.3) is 0 Å². The van der Waals surface area contributed by atoms with Crippen LogP contribution in [0.2, 0.25) is 0 Å². The largest absolute Gasteiger partial charge is 0.496 e. The van der Waals surface area contributed by atoms with E-state index in [1.54, 1.807) is 13.2 Å². The monoisotopic (exact) mass is 294 g/mol. The molecule has 0 saturated carbocycles. The van der Waals surface area contributed by atoms with E-state index in [1.165, 1.54) is 5.56 Å². The summed E-state index contributed by atoms with van der Waals surface area (Å²) in [5.41, 5.74) is 3.95. The summed E-state index contributed by atoms with van der Waals surface area (Å²) in [6, 6.07) is 13.9. The third-order valence-corrected chi connectivity index (χ3v) is 3.65. The molecule has 0 aromatic heterocycles. The molecule has 0 aliphatic heterocycles. The van der Waals surface area contributed by atoms with Crippen LogP contribution >= 0.6 is 0 Å². The van der Waals surface area contributed by atoms with Crippen LogP contribution in [0.1, 0.15) is 46.8 Å². The molecule has 0 saturated heterocycles. The number of carbonyl (C=O) groups is 1. The van der Waals surface area contributed by atoms with Crippen LogP contribution in [0, 0.1) is 6.92 Å². The first kappa shape index (κ1) is 16.0. The number of methoxy groups -OCH3 is 1. The Kier molecular flexibility index (Phi) is 5.16. The van der Waals surface area contributed by atoms with Gasteiger partial charge in [0, 0.05) is 0 Å². The number of ketones is 1. The number of carbonyl (C=O) groups excluding carboxylic acids is 1. The molecule has 0 bridgehead atoms. The van der Waals surface area contributed by atoms with Crippen molar-refractivity contribution in [2.24, 2.45) is 0 Å². The molecule has 0 radical (unpaired) electrons. The van der Waals surface area contributed by atoms with Crippen LogP contribution in [0.4, 0.5) is 0 Å². The van der Waals surface area contributed by atoms with Crippen molar-refractivity contribution < 1.29 is 9.53 Å². The van der Waals surface area contributed by atoms with Gasteiger partial charge in [-0.2, -0.15) is 0 Å². The van der Waals surface area contributed by atoms with Gasteiger partial charge in [-0.15, -0.1) is 0 Å². The standard InChI is InChI=1S/C20H22O2/c1-14(2)17-9-6-16(7-10-17)8-11-19(21)18-13-15(3)5-12-20(18)22-4/h5-14H,1-4H3/b11-8+. The summed E-state index contributed by atoms with van der Waals surface area (Å²) >= 11 is 0. The Morgan fingerprint density at radius 3 is 2.36 bits per heavy atom. The maximum atomic E-state index is 12.4. The van der Waals surface area contributed by atoms with E-state index in [9.17, 15) is 4.79 Å². The number of allylic oxidation sites excluding steroid dienone is 1. The van der Waals surface area contributed by atoms with Gasteiger partial charge in [-0.1, -0.05) is 55.8 Å². The third kappa shape index (κ3) is 3.85. The number of hydrogen-bond donors (Lipinski definition) is 0. The van der Waals surface area contributed by atoms with Gasteiger partial charge < -0.3 is 4.74 Å². The molecule has 0 aliphatic carbocycles. The molecule has 2 rings (SSSR count). The highest BCUT2D eigenvalue weighted by molar-refractivity contribution is 6.08. The number of aryl methyl sites for hydroxylation is 1. The Bertz CT molecular complexity index is 679. The van der Waals surface area contributed by atoms with Crippen LogP contribution in [0.3, 0.4) is 0 Å². The lowest BCUT2D eigenvalue weighted by Crippen LogP contribution is -1.99. The fourth-order valence-corrected chi connectivity index (χ4v) is 2.27. The Hall–Kier alpha value is -2.35. The van der Waals surface area contributed by atoms with E-state index in [4.69, 9.17) is 4.74 Å². The van der Waals surface area contributed by atoms with Gasteiger partial charge in [0.2, 0.25) is 0 Å². The Labute approximate surface area is 132 Å². The van der Waals surface area contributed by atoms with Crippen molar-refractivity contribution in [1.82, 2.24) is 0 Å². The lowest BCUT2D eigenvalue weighted by molar-refractivity contribution is 0.104. The molecule has 2 aromatic rings. The minimum atomic E-state index is -0.0477. The summed E-state index contributed by atoms with van der Waals surface area (Å²) in [6.07, 6.45) is 3.44. The van der Waals surface area contributed by atoms with Gasteiger partial charge in [0.1, 0.15) is 5.75 Å². The average molecular weight is 294 g/mol. The van der Waals surface area contributed by atoms with Gasteiger partial charge in [0.15, 0.2) is 5.78 Å². The molecule has 0 amide bonds. The first-order valence-electron chi connectivity index (χ1n) is 7.48. The maximum absolute atomic E-state index is 12.4. The molecule has 114 valence electrons. The number of ether oxygens (including phenoxy) is 1. The van der Waals surface area contributed by atoms with Crippen molar-refractivity contribution in [3.05, 3.63) is 70.8 Å². The summed E-state index contributed by atoms with van der Waals surface area (Å²) in [6.45, 7) is 6.29. The third-order valence-electron chi connectivity index (χ3n) is 3.65. The zero-order valence-electron chi connectivity index (χ0n) is 13.6. The molecule has 22 heavy (non-hydrogen) atoms. The lowest BCUT2D eigenvalue weighted by atomic mass is 10.0. The molecule has 0 unspecified atom stereocenters. The van der Waals surface area contributed by atoms with E-state index in [0.717, 1.165) is 11.1 Å². The van der Waals surface area contributed by atoms with E-state index in [2.05, 4.69) is 26.0 Å². The van der Waals surface area contributed by atoms with Crippen molar-refractivity contribution in [2.45, 2.75) is 26.7 Å². The summed E-state index contributed by atoms with van der Waals surface area (Å²) in [5.74, 6) is 1.07. The highest BCUT2D eigenvalue weighted by Gasteiger charge is 2.09. The first-order chi connectivity index (χ1) is 10.5. The highest BCUT2D eigenvalue weighted by atomic mass is 16.5. The predicted molar refractivity (Wildman–Crippen MR) is 91.6 cm³/mol. The topological polar surface area (TPSA) is 26.3 Å². The van der Waals surface area contributed by atoms with Crippen LogP contribution in [0.5, 0.6) is 5.75 Å². The zero-order valence-corrected chi connectivity index (χ0v) is 13.6. The van der Waals surface area contributed by atoms with Crippen LogP contribution in [0.15, 0.2) is 48.5 Å². The van der Waals surface area contributed by atoms with Gasteiger partial charge in [-0.25, -0.2) is 0 Å². The minimum Gasteiger partial charge on any atom is -0.496 e. The zero-order chi connectivity index (χ0) is 16.1. The predicted octanol–water partition coefficient (Wildman–Crippen LogP) is 5.02. The van der Waals surface area contributed by atoms with E-state index in [0.29, 0.717) is 17.2 Å². The molecule has 0 N–H and O–H groups in total. The molecule has 0 atom stereocenters. The Balaban J connectivity index is 2.19. The van der Waals surface area contributed by atoms with Crippen LogP contribution in [-0.2, 0) is 0 Å². The quantitative estimate of drug-likeness (QED) is 0.571. The summed E-state index contributed by atoms with van der Waals surface area (Å²) < 4.78 is 5.26. The van der Waals surface area contributed by atoms with Gasteiger partial charge in [0.05, 0.1) is 12.7 Å². The SMILES string of the molecule is COc1ccc(C)cc1C(=O)/C=C/c1ccc(C(C)C)cc1. The summed E-state index contributed by atoms with van der Waals surface area (Å²) in [7, 11) is 1.58. The Morgan fingerprint density at radius 1 is 1.09 bits per heavy atom. The number of benzene rings is 2. The maximum Gasteiger partial charge on any atom is 0.189 e. The molecule has 2 heteroatoms. The van der Waals surface area contributed by atoms with E-state index in [-0.39, 0.29) is 5.78 Å². The van der Waals surface area contributed by atoms with Crippen molar-refractivity contribution in [1.29, 1.82) is 0 Å². The summed E-state index contributed by atoms with van der Waals surface area (Å²) in [5, 5.41) is 0. The minimum absolute atomic E-state index is 0.0477. The first-order valence-corrected chi connectivity index (χ1v) is 7.48. The normalized spacial score (nSPS) is 11.1.